The molecule has 4 N–H and O–H groups in total. The molecule has 0 bridgehead atoms. The number of sulfonamides is 1. The number of nitrogens with zero attached hydrogens (tertiary/aromatic N) is 1. The second-order valence-corrected chi connectivity index (χ2v) is 7.47. The summed E-state index contributed by atoms with van der Waals surface area (Å²) in [5, 5.41) is 14.5. The highest BCUT2D eigenvalue weighted by Crippen LogP contribution is 2.42. The van der Waals surface area contributed by atoms with Crippen LogP contribution in [0.25, 0.3) is 0 Å². The zero-order chi connectivity index (χ0) is 15.0. The van der Waals surface area contributed by atoms with Crippen molar-refractivity contribution in [1.29, 1.82) is 0 Å². The number of H-pyrrole nitrogens is 1. The summed E-state index contributed by atoms with van der Waals surface area (Å²) in [4.78, 5) is 12.0. The van der Waals surface area contributed by atoms with E-state index < -0.39 is 15.9 Å². The van der Waals surface area contributed by atoms with Gasteiger partial charge in [-0.15, -0.1) is 0 Å². The molecule has 116 valence electrons. The third-order valence-corrected chi connectivity index (χ3v) is 4.99. The van der Waals surface area contributed by atoms with Crippen molar-refractivity contribution >= 4 is 15.9 Å². The number of hydrogen-bond acceptors (Lipinski definition) is 4. The van der Waals surface area contributed by atoms with E-state index in [1.54, 1.807) is 0 Å². The zero-order valence-electron chi connectivity index (χ0n) is 11.8. The van der Waals surface area contributed by atoms with E-state index in [0.29, 0.717) is 12.2 Å². The highest BCUT2D eigenvalue weighted by Gasteiger charge is 2.35. The topological polar surface area (TPSA) is 118 Å². The van der Waals surface area contributed by atoms with Crippen LogP contribution in [0.1, 0.15) is 60.6 Å². The summed E-state index contributed by atoms with van der Waals surface area (Å²) in [5.74, 6) is 0.467. The molecular formula is C13H20N4O3S. The smallest absolute Gasteiger partial charge is 0.273 e. The standard InChI is InChI=1S/C13H20N4O3S/c14-21(19,20)12-10(9-5-6-9)16-17-11(12)13(18)15-7-1-2-8-3-4-8/h8-9H,1-7H2,(H,15,18)(H,16,17)(H2,14,19,20). The minimum absolute atomic E-state index is 0.106. The molecule has 2 aliphatic carbocycles. The molecule has 0 atom stereocenters. The number of carbonyl (C=O) groups is 1. The fraction of sp³-hybridized carbons (Fsp3) is 0.692. The Bertz CT molecular complexity index is 644. The van der Waals surface area contributed by atoms with Crippen molar-refractivity contribution in [2.45, 2.75) is 49.3 Å². The van der Waals surface area contributed by atoms with E-state index in [1.165, 1.54) is 12.8 Å². The number of amides is 1. The Morgan fingerprint density at radius 2 is 2.05 bits per heavy atom. The van der Waals surface area contributed by atoms with E-state index in [4.69, 9.17) is 5.14 Å². The molecule has 0 radical (unpaired) electrons. The molecule has 1 aromatic heterocycles. The summed E-state index contributed by atoms with van der Waals surface area (Å²) in [7, 11) is -3.96. The van der Waals surface area contributed by atoms with Gasteiger partial charge in [-0.2, -0.15) is 5.10 Å². The minimum atomic E-state index is -3.96. The van der Waals surface area contributed by atoms with Gasteiger partial charge in [0.15, 0.2) is 5.69 Å². The number of aromatic nitrogens is 2. The van der Waals surface area contributed by atoms with Crippen LogP contribution in [0.3, 0.4) is 0 Å². The second-order valence-electron chi connectivity index (χ2n) is 5.98. The molecule has 0 unspecified atom stereocenters. The lowest BCUT2D eigenvalue weighted by molar-refractivity contribution is 0.0944. The second kappa shape index (κ2) is 5.42. The van der Waals surface area contributed by atoms with Crippen molar-refractivity contribution in [2.24, 2.45) is 11.1 Å². The average Bonchev–Trinajstić information content (AvgIpc) is 3.32. The molecule has 0 spiro atoms. The van der Waals surface area contributed by atoms with Gasteiger partial charge in [-0.3, -0.25) is 9.89 Å². The molecule has 1 amide bonds. The monoisotopic (exact) mass is 312 g/mol. The van der Waals surface area contributed by atoms with E-state index in [2.05, 4.69) is 15.5 Å². The molecule has 7 nitrogen and oxygen atoms in total. The number of nitrogens with one attached hydrogen (secondary N) is 2. The molecule has 3 rings (SSSR count). The van der Waals surface area contributed by atoms with E-state index >= 15 is 0 Å². The van der Waals surface area contributed by atoms with Gasteiger partial charge in [0.05, 0.1) is 5.69 Å². The summed E-state index contributed by atoms with van der Waals surface area (Å²) < 4.78 is 23.5. The van der Waals surface area contributed by atoms with Gasteiger partial charge >= 0.3 is 0 Å². The quantitative estimate of drug-likeness (QED) is 0.647. The molecule has 0 aromatic carbocycles. The summed E-state index contributed by atoms with van der Waals surface area (Å²) in [6.45, 7) is 0.533. The number of primary sulfonamides is 1. The Labute approximate surface area is 123 Å². The molecular weight excluding hydrogens is 292 g/mol. The molecule has 8 heteroatoms. The fourth-order valence-corrected chi connectivity index (χ4v) is 3.45. The van der Waals surface area contributed by atoms with E-state index in [-0.39, 0.29) is 16.5 Å². The lowest BCUT2D eigenvalue weighted by atomic mass is 10.2. The van der Waals surface area contributed by atoms with Gasteiger partial charge in [0.25, 0.3) is 5.91 Å². The van der Waals surface area contributed by atoms with Crippen LogP contribution in [0.15, 0.2) is 4.90 Å². The summed E-state index contributed by atoms with van der Waals surface area (Å²) in [5.41, 5.74) is 0.367. The molecule has 0 saturated heterocycles. The third-order valence-electron chi connectivity index (χ3n) is 4.00. The van der Waals surface area contributed by atoms with Crippen LogP contribution in [0.2, 0.25) is 0 Å². The Morgan fingerprint density at radius 1 is 1.33 bits per heavy atom. The average molecular weight is 312 g/mol. The van der Waals surface area contributed by atoms with Crippen LogP contribution in [0, 0.1) is 5.92 Å². The minimum Gasteiger partial charge on any atom is -0.351 e. The number of rotatable bonds is 7. The number of hydrogen-bond donors (Lipinski definition) is 3. The molecule has 2 saturated carbocycles. The molecule has 2 fully saturated rings. The number of carbonyl (C=O) groups excluding carboxylic acids is 1. The van der Waals surface area contributed by atoms with Crippen molar-refractivity contribution < 1.29 is 13.2 Å². The number of aromatic amines is 1. The van der Waals surface area contributed by atoms with Gasteiger partial charge < -0.3 is 5.32 Å². The van der Waals surface area contributed by atoms with E-state index in [0.717, 1.165) is 31.6 Å². The molecule has 1 heterocycles. The summed E-state index contributed by atoms with van der Waals surface area (Å²) >= 11 is 0. The van der Waals surface area contributed by atoms with Crippen LogP contribution in [0.4, 0.5) is 0 Å². The van der Waals surface area contributed by atoms with Crippen molar-refractivity contribution in [2.75, 3.05) is 6.54 Å². The van der Waals surface area contributed by atoms with Crippen LogP contribution >= 0.6 is 0 Å². The van der Waals surface area contributed by atoms with Crippen LogP contribution in [-0.4, -0.2) is 31.1 Å². The van der Waals surface area contributed by atoms with Gasteiger partial charge in [-0.05, 0) is 31.6 Å². The van der Waals surface area contributed by atoms with E-state index in [1.807, 2.05) is 0 Å². The highest BCUT2D eigenvalue weighted by atomic mass is 32.2. The fourth-order valence-electron chi connectivity index (χ4n) is 2.52. The van der Waals surface area contributed by atoms with Crippen LogP contribution < -0.4 is 10.5 Å². The molecule has 1 aromatic rings. The maximum absolute atomic E-state index is 12.1. The molecule has 21 heavy (non-hydrogen) atoms. The van der Waals surface area contributed by atoms with Gasteiger partial charge in [0.1, 0.15) is 4.90 Å². The Morgan fingerprint density at radius 3 is 2.62 bits per heavy atom. The van der Waals surface area contributed by atoms with Crippen molar-refractivity contribution in [1.82, 2.24) is 15.5 Å². The summed E-state index contributed by atoms with van der Waals surface area (Å²) in [6.07, 6.45) is 6.37. The zero-order valence-corrected chi connectivity index (χ0v) is 12.6. The summed E-state index contributed by atoms with van der Waals surface area (Å²) in [6, 6.07) is 0. The first kappa shape index (κ1) is 14.5. The normalized spacial score (nSPS) is 18.7. The van der Waals surface area contributed by atoms with Crippen LogP contribution in [-0.2, 0) is 10.0 Å². The highest BCUT2D eigenvalue weighted by molar-refractivity contribution is 7.89. The van der Waals surface area contributed by atoms with Gasteiger partial charge in [0.2, 0.25) is 10.0 Å². The first-order chi connectivity index (χ1) is 9.97. The maximum atomic E-state index is 12.1. The lowest BCUT2D eigenvalue weighted by Crippen LogP contribution is -2.27. The molecule has 2 aliphatic rings. The first-order valence-corrected chi connectivity index (χ1v) is 8.90. The Kier molecular flexibility index (Phi) is 3.75. The molecule has 0 aliphatic heterocycles. The van der Waals surface area contributed by atoms with Crippen molar-refractivity contribution in [3.63, 3.8) is 0 Å². The van der Waals surface area contributed by atoms with Crippen molar-refractivity contribution in [3.8, 4) is 0 Å². The van der Waals surface area contributed by atoms with Crippen molar-refractivity contribution in [3.05, 3.63) is 11.4 Å². The van der Waals surface area contributed by atoms with Gasteiger partial charge in [0, 0.05) is 12.5 Å². The predicted molar refractivity (Wildman–Crippen MR) is 76.2 cm³/mol. The SMILES string of the molecule is NS(=O)(=O)c1c(C(=O)NCCCC2CC2)n[nH]c1C1CC1. The Balaban J connectivity index is 1.69. The van der Waals surface area contributed by atoms with Gasteiger partial charge in [-0.25, -0.2) is 13.6 Å². The predicted octanol–water partition coefficient (Wildman–Crippen LogP) is 0.854. The third kappa shape index (κ3) is 3.44. The van der Waals surface area contributed by atoms with E-state index in [9.17, 15) is 13.2 Å². The van der Waals surface area contributed by atoms with Crippen LogP contribution in [0.5, 0.6) is 0 Å². The lowest BCUT2D eigenvalue weighted by Gasteiger charge is -2.05. The first-order valence-electron chi connectivity index (χ1n) is 7.36. The van der Waals surface area contributed by atoms with Gasteiger partial charge in [-0.1, -0.05) is 12.8 Å². The largest absolute Gasteiger partial charge is 0.351 e. The maximum Gasteiger partial charge on any atom is 0.273 e. The Hall–Kier alpha value is -1.41. The number of nitrogens with two attached hydrogens (primary N) is 1.